The number of aromatic amines is 2. The Hall–Kier alpha value is -1.57. The molecule has 2 rings (SSSR count). The van der Waals surface area contributed by atoms with E-state index in [1.54, 1.807) is 0 Å². The molecule has 1 amide bonds. The van der Waals surface area contributed by atoms with Crippen LogP contribution in [0, 0.1) is 0 Å². The number of H-pyrrole nitrogens is 2. The van der Waals surface area contributed by atoms with Crippen molar-refractivity contribution in [1.82, 2.24) is 20.5 Å². The highest BCUT2D eigenvalue weighted by Gasteiger charge is 2.17. The normalized spacial score (nSPS) is 15.8. The molecule has 0 aromatic carbocycles. The number of hydrogen-bond donors (Lipinski definition) is 3. The lowest BCUT2D eigenvalue weighted by Gasteiger charge is -2.10. The largest absolute Gasteiger partial charge is 0.353 e. The lowest BCUT2D eigenvalue weighted by Crippen LogP contribution is -2.34. The van der Waals surface area contributed by atoms with E-state index in [9.17, 15) is 14.4 Å². The standard InChI is InChI=1S/C10H14N4O3S/c15-7(11-6-3-1-2-4-6)5-18-9-8(16)12-10(17)14-13-9/h6H,1-5H2,(H,11,15)(H2,12,14,16,17). The molecule has 3 N–H and O–H groups in total. The molecule has 0 unspecified atom stereocenters. The van der Waals surface area contributed by atoms with Crippen LogP contribution in [0.15, 0.2) is 14.6 Å². The summed E-state index contributed by atoms with van der Waals surface area (Å²) in [6, 6.07) is 0.264. The average Bonchev–Trinajstić information content (AvgIpc) is 2.80. The molecule has 0 radical (unpaired) electrons. The minimum atomic E-state index is -0.653. The number of amides is 1. The molecule has 7 nitrogen and oxygen atoms in total. The predicted octanol–water partition coefficient (Wildman–Crippen LogP) is -0.391. The zero-order valence-electron chi connectivity index (χ0n) is 9.69. The van der Waals surface area contributed by atoms with Crippen LogP contribution in [0.1, 0.15) is 25.7 Å². The molecule has 0 atom stereocenters. The molecule has 1 aromatic heterocycles. The van der Waals surface area contributed by atoms with Gasteiger partial charge in [0.15, 0.2) is 5.03 Å². The van der Waals surface area contributed by atoms with Crippen molar-refractivity contribution in [3.8, 4) is 0 Å². The third-order valence-corrected chi connectivity index (χ3v) is 3.70. The van der Waals surface area contributed by atoms with Crippen LogP contribution in [0.25, 0.3) is 0 Å². The Morgan fingerprint density at radius 1 is 1.39 bits per heavy atom. The van der Waals surface area contributed by atoms with Crippen molar-refractivity contribution in [3.05, 3.63) is 20.8 Å². The number of carbonyl (C=O) groups is 1. The van der Waals surface area contributed by atoms with Crippen molar-refractivity contribution < 1.29 is 4.79 Å². The van der Waals surface area contributed by atoms with Gasteiger partial charge in [-0.25, -0.2) is 9.89 Å². The fourth-order valence-electron chi connectivity index (χ4n) is 1.91. The molecule has 98 valence electrons. The molecule has 0 aliphatic heterocycles. The number of hydrogen-bond acceptors (Lipinski definition) is 5. The molecule has 18 heavy (non-hydrogen) atoms. The van der Waals surface area contributed by atoms with Crippen LogP contribution in [0.3, 0.4) is 0 Å². The first-order chi connectivity index (χ1) is 8.65. The van der Waals surface area contributed by atoms with Gasteiger partial charge >= 0.3 is 5.69 Å². The fraction of sp³-hybridized carbons (Fsp3) is 0.600. The van der Waals surface area contributed by atoms with Crippen molar-refractivity contribution in [1.29, 1.82) is 0 Å². The van der Waals surface area contributed by atoms with E-state index in [-0.39, 0.29) is 22.7 Å². The molecule has 1 heterocycles. The molecule has 0 bridgehead atoms. The lowest BCUT2D eigenvalue weighted by atomic mass is 10.2. The molecule has 8 heteroatoms. The van der Waals surface area contributed by atoms with E-state index >= 15 is 0 Å². The first-order valence-corrected chi connectivity index (χ1v) is 6.75. The highest BCUT2D eigenvalue weighted by atomic mass is 32.2. The number of aromatic nitrogens is 3. The molecular formula is C10H14N4O3S. The average molecular weight is 270 g/mol. The van der Waals surface area contributed by atoms with E-state index in [0.717, 1.165) is 37.4 Å². The Labute approximate surface area is 107 Å². The van der Waals surface area contributed by atoms with Crippen LogP contribution in [0.4, 0.5) is 0 Å². The van der Waals surface area contributed by atoms with Gasteiger partial charge in [-0.3, -0.25) is 14.6 Å². The van der Waals surface area contributed by atoms with Crippen molar-refractivity contribution in [3.63, 3.8) is 0 Å². The molecule has 1 aliphatic carbocycles. The first kappa shape index (κ1) is 12.9. The number of nitrogens with one attached hydrogen (secondary N) is 3. The molecule has 1 saturated carbocycles. The maximum Gasteiger partial charge on any atom is 0.342 e. The molecule has 1 aromatic rings. The van der Waals surface area contributed by atoms with Gasteiger partial charge in [0, 0.05) is 6.04 Å². The summed E-state index contributed by atoms with van der Waals surface area (Å²) in [7, 11) is 0. The minimum absolute atomic E-state index is 0.0937. The van der Waals surface area contributed by atoms with Crippen LogP contribution in [0.5, 0.6) is 0 Å². The smallest absolute Gasteiger partial charge is 0.342 e. The Bertz CT molecular complexity index is 532. The fourth-order valence-corrected chi connectivity index (χ4v) is 2.55. The van der Waals surface area contributed by atoms with Crippen LogP contribution >= 0.6 is 11.8 Å². The second-order valence-electron chi connectivity index (χ2n) is 4.15. The van der Waals surface area contributed by atoms with E-state index in [1.807, 2.05) is 0 Å². The maximum absolute atomic E-state index is 11.6. The maximum atomic E-state index is 11.6. The Balaban J connectivity index is 1.85. The summed E-state index contributed by atoms with van der Waals surface area (Å²) in [6.07, 6.45) is 4.35. The Kier molecular flexibility index (Phi) is 4.19. The number of carbonyl (C=O) groups excluding carboxylic acids is 1. The summed E-state index contributed by atoms with van der Waals surface area (Å²) in [5, 5.41) is 8.71. The Morgan fingerprint density at radius 2 is 2.11 bits per heavy atom. The predicted molar refractivity (Wildman–Crippen MR) is 66.6 cm³/mol. The number of thioether (sulfide) groups is 1. The first-order valence-electron chi connectivity index (χ1n) is 5.76. The van der Waals surface area contributed by atoms with Crippen molar-refractivity contribution in [2.75, 3.05) is 5.75 Å². The summed E-state index contributed by atoms with van der Waals surface area (Å²) < 4.78 is 0. The summed E-state index contributed by atoms with van der Waals surface area (Å²) in [5.41, 5.74) is -1.22. The molecular weight excluding hydrogens is 256 g/mol. The quantitative estimate of drug-likeness (QED) is 0.646. The van der Waals surface area contributed by atoms with E-state index in [4.69, 9.17) is 0 Å². The number of rotatable bonds is 4. The van der Waals surface area contributed by atoms with Gasteiger partial charge in [-0.05, 0) is 12.8 Å². The minimum Gasteiger partial charge on any atom is -0.353 e. The van der Waals surface area contributed by atoms with Crippen LogP contribution in [0.2, 0.25) is 0 Å². The van der Waals surface area contributed by atoms with E-state index in [1.165, 1.54) is 0 Å². The van der Waals surface area contributed by atoms with E-state index < -0.39 is 11.2 Å². The molecule has 0 saturated heterocycles. The van der Waals surface area contributed by atoms with Crippen LogP contribution < -0.4 is 16.6 Å². The highest BCUT2D eigenvalue weighted by molar-refractivity contribution is 7.99. The van der Waals surface area contributed by atoms with Gasteiger partial charge in [-0.2, -0.15) is 5.10 Å². The summed E-state index contributed by atoms with van der Waals surface area (Å²) >= 11 is 1.01. The zero-order chi connectivity index (χ0) is 13.0. The van der Waals surface area contributed by atoms with Gasteiger partial charge in [0.2, 0.25) is 5.91 Å². The Morgan fingerprint density at radius 3 is 2.78 bits per heavy atom. The summed E-state index contributed by atoms with van der Waals surface area (Å²) in [4.78, 5) is 35.7. The van der Waals surface area contributed by atoms with Gasteiger partial charge in [-0.15, -0.1) is 0 Å². The van der Waals surface area contributed by atoms with Gasteiger partial charge in [0.05, 0.1) is 5.75 Å². The van der Waals surface area contributed by atoms with Crippen molar-refractivity contribution >= 4 is 17.7 Å². The topological polar surface area (TPSA) is 108 Å². The molecule has 1 aliphatic rings. The van der Waals surface area contributed by atoms with E-state index in [2.05, 4.69) is 20.5 Å². The summed E-state index contributed by atoms with van der Waals surface area (Å²) in [6.45, 7) is 0. The third kappa shape index (κ3) is 3.46. The number of nitrogens with zero attached hydrogens (tertiary/aromatic N) is 1. The van der Waals surface area contributed by atoms with Crippen molar-refractivity contribution in [2.24, 2.45) is 0 Å². The second-order valence-corrected chi connectivity index (χ2v) is 5.11. The van der Waals surface area contributed by atoms with Crippen LogP contribution in [-0.2, 0) is 4.79 Å². The SMILES string of the molecule is O=C(CSc1n[nH]c(=O)[nH]c1=O)NC1CCCC1. The van der Waals surface area contributed by atoms with Crippen LogP contribution in [-0.4, -0.2) is 32.9 Å². The van der Waals surface area contributed by atoms with E-state index in [0.29, 0.717) is 0 Å². The lowest BCUT2D eigenvalue weighted by molar-refractivity contribution is -0.119. The third-order valence-electron chi connectivity index (χ3n) is 2.74. The van der Waals surface area contributed by atoms with Gasteiger partial charge in [0.25, 0.3) is 5.56 Å². The van der Waals surface area contributed by atoms with Gasteiger partial charge < -0.3 is 5.32 Å². The monoisotopic (exact) mass is 270 g/mol. The summed E-state index contributed by atoms with van der Waals surface area (Å²) in [5.74, 6) is 0.0119. The van der Waals surface area contributed by atoms with Gasteiger partial charge in [-0.1, -0.05) is 24.6 Å². The zero-order valence-corrected chi connectivity index (χ0v) is 10.5. The second kappa shape index (κ2) is 5.85. The highest BCUT2D eigenvalue weighted by Crippen LogP contribution is 2.18. The van der Waals surface area contributed by atoms with Crippen molar-refractivity contribution in [2.45, 2.75) is 36.8 Å². The molecule has 0 spiro atoms. The van der Waals surface area contributed by atoms with Gasteiger partial charge in [0.1, 0.15) is 0 Å². The molecule has 1 fully saturated rings.